The minimum atomic E-state index is -0.584. The van der Waals surface area contributed by atoms with Crippen LogP contribution in [0.15, 0.2) is 0 Å². The summed E-state index contributed by atoms with van der Waals surface area (Å²) in [5.41, 5.74) is -0.584. The van der Waals surface area contributed by atoms with Crippen LogP contribution in [0.25, 0.3) is 0 Å². The summed E-state index contributed by atoms with van der Waals surface area (Å²) in [5, 5.41) is 2.56. The summed E-state index contributed by atoms with van der Waals surface area (Å²) in [6.45, 7) is 8.85. The van der Waals surface area contributed by atoms with Crippen molar-refractivity contribution >= 4 is 11.7 Å². The maximum absolute atomic E-state index is 11.3. The molecule has 12 heavy (non-hydrogen) atoms. The number of nitrogens with one attached hydrogen (secondary N) is 1. The van der Waals surface area contributed by atoms with E-state index in [0.717, 1.165) is 0 Å². The number of carbonyl (C=O) groups excluding carboxylic acids is 2. The Hall–Kier alpha value is -0.860. The quantitative estimate of drug-likeness (QED) is 0.633. The van der Waals surface area contributed by atoms with Crippen LogP contribution in [0.2, 0.25) is 0 Å². The minimum absolute atomic E-state index is 0.0174. The van der Waals surface area contributed by atoms with Crippen LogP contribution in [-0.2, 0) is 9.59 Å². The smallest absolute Gasteiger partial charge is 0.288 e. The summed E-state index contributed by atoms with van der Waals surface area (Å²) in [6, 6.07) is 0.0174. The van der Waals surface area contributed by atoms with Gasteiger partial charge >= 0.3 is 0 Å². The number of amides is 1. The molecule has 0 rings (SSSR count). The summed E-state index contributed by atoms with van der Waals surface area (Å²) in [7, 11) is 0. The maximum atomic E-state index is 11.3. The molecule has 0 aromatic rings. The Bertz CT molecular complexity index is 189. The van der Waals surface area contributed by atoms with Crippen molar-refractivity contribution < 1.29 is 9.59 Å². The highest BCUT2D eigenvalue weighted by molar-refractivity contribution is 6.37. The van der Waals surface area contributed by atoms with E-state index >= 15 is 0 Å². The Morgan fingerprint density at radius 1 is 1.17 bits per heavy atom. The Morgan fingerprint density at radius 2 is 1.58 bits per heavy atom. The summed E-state index contributed by atoms with van der Waals surface area (Å²) in [4.78, 5) is 22.4. The summed E-state index contributed by atoms with van der Waals surface area (Å²) < 4.78 is 0. The van der Waals surface area contributed by atoms with Crippen LogP contribution in [0.1, 0.15) is 34.6 Å². The fourth-order valence-corrected chi connectivity index (χ4v) is 0.668. The average molecular weight is 171 g/mol. The van der Waals surface area contributed by atoms with E-state index in [1.54, 1.807) is 20.8 Å². The number of Topliss-reactive ketones (excluding diaryl/α,β-unsaturated/α-hetero) is 1. The van der Waals surface area contributed by atoms with Gasteiger partial charge in [-0.15, -0.1) is 0 Å². The zero-order valence-corrected chi connectivity index (χ0v) is 8.39. The molecule has 0 atom stereocenters. The van der Waals surface area contributed by atoms with Gasteiger partial charge in [0.1, 0.15) is 0 Å². The lowest BCUT2D eigenvalue weighted by atomic mass is 9.90. The fourth-order valence-electron chi connectivity index (χ4n) is 0.668. The maximum Gasteiger partial charge on any atom is 0.288 e. The van der Waals surface area contributed by atoms with Crippen LogP contribution in [0, 0.1) is 5.41 Å². The van der Waals surface area contributed by atoms with Gasteiger partial charge in [-0.25, -0.2) is 0 Å². The van der Waals surface area contributed by atoms with E-state index in [0.29, 0.717) is 0 Å². The van der Waals surface area contributed by atoms with Crippen molar-refractivity contribution in [1.29, 1.82) is 0 Å². The lowest BCUT2D eigenvalue weighted by molar-refractivity contribution is -0.142. The van der Waals surface area contributed by atoms with Gasteiger partial charge in [0.15, 0.2) is 0 Å². The third kappa shape index (κ3) is 3.51. The molecule has 0 bridgehead atoms. The fraction of sp³-hybridized carbons (Fsp3) is 0.778. The lowest BCUT2D eigenvalue weighted by Gasteiger charge is -2.16. The molecule has 0 spiro atoms. The van der Waals surface area contributed by atoms with E-state index < -0.39 is 11.3 Å². The molecule has 0 radical (unpaired) electrons. The number of ketones is 1. The first-order chi connectivity index (χ1) is 5.25. The van der Waals surface area contributed by atoms with Crippen molar-refractivity contribution in [3.05, 3.63) is 0 Å². The van der Waals surface area contributed by atoms with Gasteiger partial charge in [-0.3, -0.25) is 9.59 Å². The first-order valence-corrected chi connectivity index (χ1v) is 4.10. The number of hydrogen-bond acceptors (Lipinski definition) is 2. The van der Waals surface area contributed by atoms with Gasteiger partial charge in [0, 0.05) is 11.5 Å². The number of carbonyl (C=O) groups is 2. The van der Waals surface area contributed by atoms with E-state index in [1.165, 1.54) is 0 Å². The van der Waals surface area contributed by atoms with Crippen molar-refractivity contribution in [3.8, 4) is 0 Å². The molecule has 70 valence electrons. The van der Waals surface area contributed by atoms with Crippen molar-refractivity contribution in [2.24, 2.45) is 5.41 Å². The molecule has 0 aliphatic carbocycles. The summed E-state index contributed by atoms with van der Waals surface area (Å²) in [5.74, 6) is -0.853. The van der Waals surface area contributed by atoms with Crippen LogP contribution in [-0.4, -0.2) is 17.7 Å². The van der Waals surface area contributed by atoms with Crippen molar-refractivity contribution in [1.82, 2.24) is 5.32 Å². The molecule has 3 heteroatoms. The molecule has 0 saturated carbocycles. The third-order valence-corrected chi connectivity index (χ3v) is 1.31. The van der Waals surface area contributed by atoms with Gasteiger partial charge < -0.3 is 5.32 Å². The van der Waals surface area contributed by atoms with Crippen LogP contribution < -0.4 is 5.32 Å². The highest BCUT2D eigenvalue weighted by Crippen LogP contribution is 2.14. The van der Waals surface area contributed by atoms with Crippen molar-refractivity contribution in [2.75, 3.05) is 0 Å². The van der Waals surface area contributed by atoms with E-state index in [4.69, 9.17) is 0 Å². The van der Waals surface area contributed by atoms with Gasteiger partial charge in [-0.2, -0.15) is 0 Å². The molecular weight excluding hydrogens is 154 g/mol. The van der Waals surface area contributed by atoms with Gasteiger partial charge in [0.25, 0.3) is 5.91 Å². The molecule has 1 amide bonds. The van der Waals surface area contributed by atoms with E-state index in [9.17, 15) is 9.59 Å². The standard InChI is InChI=1S/C9H17NO2/c1-6(2)10-8(12)7(11)9(3,4)5/h6H,1-5H3,(H,10,12). The second-order valence-electron chi connectivity index (χ2n) is 4.21. The van der Waals surface area contributed by atoms with Crippen LogP contribution in [0.4, 0.5) is 0 Å². The van der Waals surface area contributed by atoms with Crippen LogP contribution in [0.3, 0.4) is 0 Å². The third-order valence-electron chi connectivity index (χ3n) is 1.31. The van der Waals surface area contributed by atoms with Gasteiger partial charge in [-0.1, -0.05) is 20.8 Å². The molecule has 0 unspecified atom stereocenters. The molecule has 0 aliphatic rings. The molecule has 0 fully saturated rings. The van der Waals surface area contributed by atoms with Crippen LogP contribution >= 0.6 is 0 Å². The molecular formula is C9H17NO2. The SMILES string of the molecule is CC(C)NC(=O)C(=O)C(C)(C)C. The first-order valence-electron chi connectivity index (χ1n) is 4.10. The Morgan fingerprint density at radius 3 is 1.83 bits per heavy atom. The highest BCUT2D eigenvalue weighted by atomic mass is 16.2. The van der Waals surface area contributed by atoms with Gasteiger partial charge in [-0.05, 0) is 13.8 Å². The second kappa shape index (κ2) is 3.70. The zero-order valence-electron chi connectivity index (χ0n) is 8.39. The van der Waals surface area contributed by atoms with Gasteiger partial charge in [0.2, 0.25) is 5.78 Å². The highest BCUT2D eigenvalue weighted by Gasteiger charge is 2.28. The van der Waals surface area contributed by atoms with E-state index in [-0.39, 0.29) is 11.8 Å². The minimum Gasteiger partial charge on any atom is -0.347 e. The van der Waals surface area contributed by atoms with Crippen molar-refractivity contribution in [2.45, 2.75) is 40.7 Å². The summed E-state index contributed by atoms with van der Waals surface area (Å²) in [6.07, 6.45) is 0. The molecule has 3 nitrogen and oxygen atoms in total. The molecule has 0 heterocycles. The molecule has 0 aromatic heterocycles. The average Bonchev–Trinajstić information content (AvgIpc) is 1.82. The predicted molar refractivity (Wildman–Crippen MR) is 47.7 cm³/mol. The summed E-state index contributed by atoms with van der Waals surface area (Å²) >= 11 is 0. The van der Waals surface area contributed by atoms with E-state index in [2.05, 4.69) is 5.32 Å². The Kier molecular flexibility index (Phi) is 3.43. The largest absolute Gasteiger partial charge is 0.347 e. The predicted octanol–water partition coefficient (Wildman–Crippen LogP) is 1.13. The first kappa shape index (κ1) is 11.1. The molecule has 1 N–H and O–H groups in total. The van der Waals surface area contributed by atoms with Crippen LogP contribution in [0.5, 0.6) is 0 Å². The number of rotatable bonds is 2. The Labute approximate surface area is 73.5 Å². The van der Waals surface area contributed by atoms with Crippen molar-refractivity contribution in [3.63, 3.8) is 0 Å². The number of hydrogen-bond donors (Lipinski definition) is 1. The zero-order chi connectivity index (χ0) is 9.94. The molecule has 0 aromatic carbocycles. The topological polar surface area (TPSA) is 46.2 Å². The normalized spacial score (nSPS) is 11.5. The Balaban J connectivity index is 4.22. The molecule has 0 saturated heterocycles. The lowest BCUT2D eigenvalue weighted by Crippen LogP contribution is -2.41. The van der Waals surface area contributed by atoms with Gasteiger partial charge in [0.05, 0.1) is 0 Å². The second-order valence-corrected chi connectivity index (χ2v) is 4.21. The molecule has 0 aliphatic heterocycles. The van der Waals surface area contributed by atoms with E-state index in [1.807, 2.05) is 13.8 Å². The monoisotopic (exact) mass is 171 g/mol.